The molecule has 0 radical (unpaired) electrons. The molecule has 1 aliphatic heterocycles. The molecule has 0 spiro atoms. The number of para-hydroxylation sites is 1. The Morgan fingerprint density at radius 3 is 2.79 bits per heavy atom. The number of carbonyl (C=O) groups excluding carboxylic acids is 1. The number of H-pyrrole nitrogens is 1. The van der Waals surface area contributed by atoms with E-state index in [1.165, 1.54) is 17.1 Å². The lowest BCUT2D eigenvalue weighted by Crippen LogP contribution is -2.55. The molecule has 1 aromatic carbocycles. The number of aromatic nitrogens is 2. The lowest BCUT2D eigenvalue weighted by Gasteiger charge is -2.41. The molecule has 1 saturated heterocycles. The normalized spacial score (nSPS) is 21.4. The first-order valence-electron chi connectivity index (χ1n) is 10.2. The van der Waals surface area contributed by atoms with Crippen LogP contribution < -0.4 is 10.2 Å². The number of likely N-dealkylation sites (N-methyl/N-ethyl adjacent to an activating group) is 1. The zero-order valence-corrected chi connectivity index (χ0v) is 17.5. The molecule has 0 bridgehead atoms. The summed E-state index contributed by atoms with van der Waals surface area (Å²) in [4.78, 5) is 24.7. The van der Waals surface area contributed by atoms with E-state index in [9.17, 15) is 4.79 Å². The summed E-state index contributed by atoms with van der Waals surface area (Å²) in [5, 5.41) is 4.22. The second-order valence-electron chi connectivity index (χ2n) is 8.21. The zero-order valence-electron chi connectivity index (χ0n) is 17.5. The van der Waals surface area contributed by atoms with E-state index in [-0.39, 0.29) is 17.7 Å². The average molecular weight is 396 g/mol. The average Bonchev–Trinajstić information content (AvgIpc) is 3.34. The van der Waals surface area contributed by atoms with E-state index >= 15 is 0 Å². The number of rotatable bonds is 5. The minimum atomic E-state index is -0.230. The van der Waals surface area contributed by atoms with E-state index in [1.54, 1.807) is 0 Å². The van der Waals surface area contributed by atoms with E-state index in [1.807, 2.05) is 25.3 Å². The van der Waals surface area contributed by atoms with Crippen molar-refractivity contribution in [2.75, 3.05) is 25.0 Å². The summed E-state index contributed by atoms with van der Waals surface area (Å²) >= 11 is 0. The monoisotopic (exact) mass is 395 g/mol. The number of nitrogens with zero attached hydrogens (tertiary/aromatic N) is 3. The van der Waals surface area contributed by atoms with Gasteiger partial charge in [-0.2, -0.15) is 0 Å². The number of fused-ring (bicyclic) bond motifs is 1. The highest BCUT2D eigenvalue weighted by atomic mass is 16.4. The van der Waals surface area contributed by atoms with Crippen LogP contribution in [-0.2, 0) is 6.42 Å². The van der Waals surface area contributed by atoms with Crippen molar-refractivity contribution in [1.82, 2.24) is 20.2 Å². The van der Waals surface area contributed by atoms with Crippen molar-refractivity contribution in [3.63, 3.8) is 0 Å². The van der Waals surface area contributed by atoms with Gasteiger partial charge in [-0.05, 0) is 45.9 Å². The molecule has 1 unspecified atom stereocenters. The Balaban J connectivity index is 1.39. The Morgan fingerprint density at radius 2 is 2.03 bits per heavy atom. The second-order valence-corrected chi connectivity index (χ2v) is 8.21. The Bertz CT molecular complexity index is 982. The van der Waals surface area contributed by atoms with Crippen LogP contribution in [0.1, 0.15) is 36.9 Å². The van der Waals surface area contributed by atoms with Crippen molar-refractivity contribution in [1.29, 1.82) is 0 Å². The SMILES string of the molecule is CC(Cc1c[nH]c2ccccc12)NC(=O)c1cnc(N2C[C@@H](C)N(C)[C@@H](C)C2)o1. The molecule has 0 aliphatic carbocycles. The molecule has 4 rings (SSSR count). The molecule has 1 amide bonds. The van der Waals surface area contributed by atoms with E-state index in [2.05, 4.69) is 58.1 Å². The van der Waals surface area contributed by atoms with Crippen LogP contribution in [0.3, 0.4) is 0 Å². The van der Waals surface area contributed by atoms with Gasteiger partial charge in [-0.25, -0.2) is 4.98 Å². The molecule has 3 atom stereocenters. The van der Waals surface area contributed by atoms with Crippen molar-refractivity contribution in [3.05, 3.63) is 48.0 Å². The third-order valence-electron chi connectivity index (χ3n) is 5.93. The molecule has 3 aromatic rings. The Morgan fingerprint density at radius 1 is 1.31 bits per heavy atom. The predicted molar refractivity (Wildman–Crippen MR) is 114 cm³/mol. The van der Waals surface area contributed by atoms with Crippen LogP contribution in [-0.4, -0.2) is 59.0 Å². The minimum Gasteiger partial charge on any atom is -0.418 e. The third-order valence-corrected chi connectivity index (χ3v) is 5.93. The molecular formula is C22H29N5O2. The standard InChI is InChI=1S/C22H29N5O2/c1-14(9-17-10-23-19-8-6-5-7-18(17)19)25-21(28)20-11-24-22(29-20)27-12-15(2)26(4)16(3)13-27/h5-8,10-11,14-16,23H,9,12-13H2,1-4H3,(H,25,28)/t14?,15-,16+. The van der Waals surface area contributed by atoms with Crippen LogP contribution >= 0.6 is 0 Å². The second kappa shape index (κ2) is 7.91. The van der Waals surface area contributed by atoms with Crippen LogP contribution in [0.5, 0.6) is 0 Å². The number of hydrogen-bond acceptors (Lipinski definition) is 5. The molecule has 3 heterocycles. The van der Waals surface area contributed by atoms with Crippen LogP contribution in [0, 0.1) is 0 Å². The zero-order chi connectivity index (χ0) is 20.5. The van der Waals surface area contributed by atoms with Gasteiger partial charge < -0.3 is 19.6 Å². The number of nitrogens with one attached hydrogen (secondary N) is 2. The van der Waals surface area contributed by atoms with E-state index in [0.717, 1.165) is 25.0 Å². The van der Waals surface area contributed by atoms with Gasteiger partial charge >= 0.3 is 0 Å². The number of anilines is 1. The fraction of sp³-hybridized carbons (Fsp3) is 0.455. The molecule has 7 nitrogen and oxygen atoms in total. The third kappa shape index (κ3) is 4.00. The number of amides is 1. The summed E-state index contributed by atoms with van der Waals surface area (Å²) in [5.41, 5.74) is 2.30. The molecule has 154 valence electrons. The van der Waals surface area contributed by atoms with Gasteiger partial charge in [-0.3, -0.25) is 9.69 Å². The quantitative estimate of drug-likeness (QED) is 0.694. The highest BCUT2D eigenvalue weighted by molar-refractivity contribution is 5.91. The van der Waals surface area contributed by atoms with Gasteiger partial charge in [0.2, 0.25) is 5.76 Å². The fourth-order valence-electron chi connectivity index (χ4n) is 4.05. The van der Waals surface area contributed by atoms with Gasteiger partial charge in [0.15, 0.2) is 0 Å². The molecular weight excluding hydrogens is 366 g/mol. The maximum Gasteiger partial charge on any atom is 0.298 e. The highest BCUT2D eigenvalue weighted by Gasteiger charge is 2.29. The van der Waals surface area contributed by atoms with Gasteiger partial charge in [-0.1, -0.05) is 18.2 Å². The summed E-state index contributed by atoms with van der Waals surface area (Å²) in [6.07, 6.45) is 4.27. The maximum absolute atomic E-state index is 12.6. The molecule has 0 saturated carbocycles. The number of piperazine rings is 1. The van der Waals surface area contributed by atoms with E-state index in [0.29, 0.717) is 18.1 Å². The largest absolute Gasteiger partial charge is 0.418 e. The predicted octanol–water partition coefficient (Wildman–Crippen LogP) is 3.05. The summed E-state index contributed by atoms with van der Waals surface area (Å²) in [6, 6.07) is 9.48. The van der Waals surface area contributed by atoms with Gasteiger partial charge in [0, 0.05) is 48.3 Å². The van der Waals surface area contributed by atoms with Crippen molar-refractivity contribution in [2.45, 2.75) is 45.3 Å². The molecule has 1 fully saturated rings. The van der Waals surface area contributed by atoms with Crippen molar-refractivity contribution in [2.24, 2.45) is 0 Å². The Labute approximate surface area is 171 Å². The lowest BCUT2D eigenvalue weighted by molar-refractivity contribution is 0.0912. The number of carbonyl (C=O) groups is 1. The summed E-state index contributed by atoms with van der Waals surface area (Å²) in [6.45, 7) is 8.04. The number of oxazole rings is 1. The smallest absolute Gasteiger partial charge is 0.298 e. The Kier molecular flexibility index (Phi) is 5.32. The molecule has 29 heavy (non-hydrogen) atoms. The minimum absolute atomic E-state index is 0.0288. The van der Waals surface area contributed by atoms with Crippen LogP contribution in [0.25, 0.3) is 10.9 Å². The topological polar surface area (TPSA) is 77.4 Å². The van der Waals surface area contributed by atoms with E-state index < -0.39 is 0 Å². The van der Waals surface area contributed by atoms with Gasteiger partial charge in [-0.15, -0.1) is 0 Å². The van der Waals surface area contributed by atoms with Crippen molar-refractivity contribution < 1.29 is 9.21 Å². The number of aromatic amines is 1. The molecule has 1 aliphatic rings. The van der Waals surface area contributed by atoms with E-state index in [4.69, 9.17) is 4.42 Å². The van der Waals surface area contributed by atoms with Crippen molar-refractivity contribution >= 4 is 22.8 Å². The first kappa shape index (κ1) is 19.5. The van der Waals surface area contributed by atoms with Gasteiger partial charge in [0.1, 0.15) is 0 Å². The van der Waals surface area contributed by atoms with Crippen LogP contribution in [0.4, 0.5) is 6.01 Å². The van der Waals surface area contributed by atoms with Gasteiger partial charge in [0.05, 0.1) is 6.20 Å². The molecule has 2 N–H and O–H groups in total. The number of benzene rings is 1. The lowest BCUT2D eigenvalue weighted by atomic mass is 10.1. The first-order chi connectivity index (χ1) is 13.9. The Hall–Kier alpha value is -2.80. The van der Waals surface area contributed by atoms with Gasteiger partial charge in [0.25, 0.3) is 11.9 Å². The summed E-state index contributed by atoms with van der Waals surface area (Å²) < 4.78 is 5.80. The number of hydrogen-bond donors (Lipinski definition) is 2. The summed E-state index contributed by atoms with van der Waals surface area (Å²) in [7, 11) is 2.14. The molecule has 2 aromatic heterocycles. The van der Waals surface area contributed by atoms with Crippen LogP contribution in [0.2, 0.25) is 0 Å². The fourth-order valence-corrected chi connectivity index (χ4v) is 4.05. The maximum atomic E-state index is 12.6. The first-order valence-corrected chi connectivity index (χ1v) is 10.2. The molecule has 7 heteroatoms. The van der Waals surface area contributed by atoms with Crippen molar-refractivity contribution in [3.8, 4) is 0 Å². The van der Waals surface area contributed by atoms with Crippen LogP contribution in [0.15, 0.2) is 41.1 Å². The summed E-state index contributed by atoms with van der Waals surface area (Å²) in [5.74, 6) is 0.0244. The highest BCUT2D eigenvalue weighted by Crippen LogP contribution is 2.22.